The molecule has 0 spiro atoms. The minimum atomic E-state index is -0.523. The summed E-state index contributed by atoms with van der Waals surface area (Å²) in [6.07, 6.45) is 10.1. The summed E-state index contributed by atoms with van der Waals surface area (Å²) in [4.78, 5) is 11.5. The maximum absolute atomic E-state index is 11.5. The van der Waals surface area contributed by atoms with E-state index in [1.165, 1.54) is 0 Å². The van der Waals surface area contributed by atoms with Gasteiger partial charge in [-0.15, -0.1) is 12.8 Å². The fourth-order valence-corrected chi connectivity index (χ4v) is 1.07. The van der Waals surface area contributed by atoms with E-state index in [1.54, 1.807) is 24.3 Å². The minimum Gasteiger partial charge on any atom is -0.480 e. The Balaban J connectivity index is 2.82. The lowest BCUT2D eigenvalue weighted by molar-refractivity contribution is 0.0552. The first-order valence-corrected chi connectivity index (χ1v) is 4.55. The second-order valence-electron chi connectivity index (χ2n) is 2.77. The monoisotopic (exact) mass is 214 g/mol. The Bertz CT molecular complexity index is 449. The van der Waals surface area contributed by atoms with E-state index in [1.807, 2.05) is 0 Å². The largest absolute Gasteiger partial charge is 0.480 e. The number of rotatable bonds is 4. The summed E-state index contributed by atoms with van der Waals surface area (Å²) >= 11 is 0. The predicted molar refractivity (Wildman–Crippen MR) is 59.9 cm³/mol. The zero-order valence-electron chi connectivity index (χ0n) is 8.60. The van der Waals surface area contributed by atoms with Gasteiger partial charge < -0.3 is 9.47 Å². The highest BCUT2D eigenvalue weighted by Gasteiger charge is 2.12. The summed E-state index contributed by atoms with van der Waals surface area (Å²) < 4.78 is 9.99. The molecule has 80 valence electrons. The van der Waals surface area contributed by atoms with Gasteiger partial charge in [0.05, 0.1) is 0 Å². The Kier molecular flexibility index (Phi) is 4.50. The fraction of sp³-hybridized carbons (Fsp3) is 0.154. The van der Waals surface area contributed by atoms with Gasteiger partial charge in [-0.1, -0.05) is 24.0 Å². The van der Waals surface area contributed by atoms with Gasteiger partial charge in [0.15, 0.2) is 6.61 Å². The molecular formula is C13H10O3. The zero-order chi connectivity index (χ0) is 11.8. The van der Waals surface area contributed by atoms with Crippen LogP contribution in [0.2, 0.25) is 0 Å². The number of para-hydroxylation sites is 1. The maximum Gasteiger partial charge on any atom is 0.342 e. The van der Waals surface area contributed by atoms with E-state index in [0.717, 1.165) is 0 Å². The summed E-state index contributed by atoms with van der Waals surface area (Å²) in [5, 5.41) is 0. The second kappa shape index (κ2) is 6.16. The molecule has 0 unspecified atom stereocenters. The van der Waals surface area contributed by atoms with Crippen LogP contribution in [-0.2, 0) is 4.74 Å². The molecule has 0 aliphatic rings. The van der Waals surface area contributed by atoms with Crippen molar-refractivity contribution in [3.05, 3.63) is 29.8 Å². The van der Waals surface area contributed by atoms with Gasteiger partial charge in [-0.2, -0.15) is 0 Å². The maximum atomic E-state index is 11.5. The topological polar surface area (TPSA) is 35.5 Å². The Hall–Kier alpha value is -2.39. The van der Waals surface area contributed by atoms with Gasteiger partial charge in [-0.25, -0.2) is 4.79 Å². The van der Waals surface area contributed by atoms with Crippen LogP contribution < -0.4 is 4.74 Å². The first-order chi connectivity index (χ1) is 7.79. The molecule has 0 radical (unpaired) electrons. The van der Waals surface area contributed by atoms with E-state index < -0.39 is 5.97 Å². The standard InChI is InChI=1S/C13H10O3/c1-3-9-15-12-8-6-5-7-11(12)13(14)16-10-4-2/h1-2,5-8H,9-10H2. The number of ether oxygens (including phenoxy) is 2. The van der Waals surface area contributed by atoms with Gasteiger partial charge in [0, 0.05) is 0 Å². The summed E-state index contributed by atoms with van der Waals surface area (Å²) in [6, 6.07) is 6.67. The second-order valence-corrected chi connectivity index (χ2v) is 2.77. The molecule has 1 aromatic rings. The average Bonchev–Trinajstić information content (AvgIpc) is 2.33. The van der Waals surface area contributed by atoms with E-state index in [9.17, 15) is 4.79 Å². The van der Waals surface area contributed by atoms with Crippen molar-refractivity contribution in [3.63, 3.8) is 0 Å². The van der Waals surface area contributed by atoms with Crippen molar-refractivity contribution < 1.29 is 14.3 Å². The van der Waals surface area contributed by atoms with Crippen molar-refractivity contribution in [2.24, 2.45) is 0 Å². The van der Waals surface area contributed by atoms with E-state index in [0.29, 0.717) is 11.3 Å². The van der Waals surface area contributed by atoms with E-state index >= 15 is 0 Å². The summed E-state index contributed by atoms with van der Waals surface area (Å²) in [5.41, 5.74) is 0.313. The molecule has 0 atom stereocenters. The van der Waals surface area contributed by atoms with Crippen LogP contribution in [0.1, 0.15) is 10.4 Å². The Morgan fingerprint density at radius 3 is 2.56 bits per heavy atom. The lowest BCUT2D eigenvalue weighted by Gasteiger charge is -2.07. The summed E-state index contributed by atoms with van der Waals surface area (Å²) in [6.45, 7) is 0.0295. The van der Waals surface area contributed by atoms with E-state index in [-0.39, 0.29) is 13.2 Å². The van der Waals surface area contributed by atoms with Crippen LogP contribution in [0.5, 0.6) is 5.75 Å². The molecule has 0 saturated carbocycles. The van der Waals surface area contributed by atoms with Crippen LogP contribution in [0.15, 0.2) is 24.3 Å². The predicted octanol–water partition coefficient (Wildman–Crippen LogP) is 1.49. The van der Waals surface area contributed by atoms with Crippen molar-refractivity contribution in [1.82, 2.24) is 0 Å². The molecule has 0 N–H and O–H groups in total. The van der Waals surface area contributed by atoms with Gasteiger partial charge >= 0.3 is 5.97 Å². The highest BCUT2D eigenvalue weighted by atomic mass is 16.5. The molecule has 0 bridgehead atoms. The van der Waals surface area contributed by atoms with Gasteiger partial charge in [0.2, 0.25) is 0 Å². The van der Waals surface area contributed by atoms with Crippen LogP contribution in [0, 0.1) is 24.7 Å². The summed E-state index contributed by atoms with van der Waals surface area (Å²) in [7, 11) is 0. The van der Waals surface area contributed by atoms with Gasteiger partial charge in [-0.05, 0) is 12.1 Å². The summed E-state index contributed by atoms with van der Waals surface area (Å²) in [5.74, 6) is 4.40. The first-order valence-electron chi connectivity index (χ1n) is 4.55. The van der Waals surface area contributed by atoms with Crippen molar-refractivity contribution >= 4 is 5.97 Å². The van der Waals surface area contributed by atoms with E-state index in [2.05, 4.69) is 11.8 Å². The average molecular weight is 214 g/mol. The van der Waals surface area contributed by atoms with Crippen LogP contribution in [0.25, 0.3) is 0 Å². The molecule has 3 heteroatoms. The molecule has 0 saturated heterocycles. The van der Waals surface area contributed by atoms with Crippen LogP contribution in [-0.4, -0.2) is 19.2 Å². The van der Waals surface area contributed by atoms with Crippen LogP contribution in [0.4, 0.5) is 0 Å². The fourth-order valence-electron chi connectivity index (χ4n) is 1.07. The smallest absolute Gasteiger partial charge is 0.342 e. The number of carbonyl (C=O) groups is 1. The molecule has 0 aliphatic heterocycles. The van der Waals surface area contributed by atoms with Crippen molar-refractivity contribution in [2.45, 2.75) is 0 Å². The Morgan fingerprint density at radius 1 is 1.19 bits per heavy atom. The first kappa shape index (κ1) is 11.7. The molecule has 1 rings (SSSR count). The van der Waals surface area contributed by atoms with Crippen molar-refractivity contribution in [3.8, 4) is 30.4 Å². The quantitative estimate of drug-likeness (QED) is 0.562. The normalized spacial score (nSPS) is 8.62. The number of hydrogen-bond donors (Lipinski definition) is 0. The number of carbonyl (C=O) groups excluding carboxylic acids is 1. The molecule has 16 heavy (non-hydrogen) atoms. The molecule has 0 heterocycles. The number of terminal acetylenes is 2. The van der Waals surface area contributed by atoms with Crippen molar-refractivity contribution in [1.29, 1.82) is 0 Å². The Labute approximate surface area is 94.4 Å². The Morgan fingerprint density at radius 2 is 1.88 bits per heavy atom. The SMILES string of the molecule is C#CCOC(=O)c1ccccc1OCC#C. The number of benzene rings is 1. The van der Waals surface area contributed by atoms with Gasteiger partial charge in [-0.3, -0.25) is 0 Å². The minimum absolute atomic E-state index is 0.0672. The highest BCUT2D eigenvalue weighted by molar-refractivity contribution is 5.92. The lowest BCUT2D eigenvalue weighted by Crippen LogP contribution is -2.08. The molecule has 0 fully saturated rings. The molecule has 3 nitrogen and oxygen atoms in total. The third-order valence-corrected chi connectivity index (χ3v) is 1.70. The molecule has 1 aromatic carbocycles. The van der Waals surface area contributed by atoms with Crippen LogP contribution >= 0.6 is 0 Å². The molecule has 0 amide bonds. The molecule has 0 aliphatic carbocycles. The lowest BCUT2D eigenvalue weighted by atomic mass is 10.2. The van der Waals surface area contributed by atoms with Crippen LogP contribution in [0.3, 0.4) is 0 Å². The highest BCUT2D eigenvalue weighted by Crippen LogP contribution is 2.18. The van der Waals surface area contributed by atoms with E-state index in [4.69, 9.17) is 22.3 Å². The third-order valence-electron chi connectivity index (χ3n) is 1.70. The van der Waals surface area contributed by atoms with Gasteiger partial charge in [0.1, 0.15) is 17.9 Å². The van der Waals surface area contributed by atoms with Gasteiger partial charge in [0.25, 0.3) is 0 Å². The molecule has 0 aromatic heterocycles. The zero-order valence-corrected chi connectivity index (χ0v) is 8.60. The number of esters is 1. The molecular weight excluding hydrogens is 204 g/mol. The number of hydrogen-bond acceptors (Lipinski definition) is 3. The van der Waals surface area contributed by atoms with Crippen molar-refractivity contribution in [2.75, 3.05) is 13.2 Å². The third kappa shape index (κ3) is 3.08.